The highest BCUT2D eigenvalue weighted by atomic mass is 35.5. The molecule has 0 saturated carbocycles. The molecule has 0 aliphatic rings. The standard InChI is InChI=1S/C11H6ClN5S/c1-17-5-6(3-15-17)11-16-9-7(12)4-14-8(2-13)10(9)18-11/h3-5H,1H3. The number of thiazole rings is 1. The fourth-order valence-electron chi connectivity index (χ4n) is 1.62. The molecule has 5 nitrogen and oxygen atoms in total. The molecule has 0 N–H and O–H groups in total. The predicted molar refractivity (Wildman–Crippen MR) is 69.3 cm³/mol. The molecular weight excluding hydrogens is 270 g/mol. The van der Waals surface area contributed by atoms with Crippen molar-refractivity contribution in [3.8, 4) is 16.6 Å². The Balaban J connectivity index is 2.28. The Morgan fingerprint density at radius 1 is 1.44 bits per heavy atom. The first-order chi connectivity index (χ1) is 8.69. The Morgan fingerprint density at radius 2 is 2.28 bits per heavy atom. The van der Waals surface area contributed by atoms with E-state index in [0.717, 1.165) is 10.6 Å². The zero-order valence-corrected chi connectivity index (χ0v) is 10.8. The van der Waals surface area contributed by atoms with Crippen molar-refractivity contribution in [1.82, 2.24) is 19.7 Å². The number of pyridine rings is 1. The van der Waals surface area contributed by atoms with E-state index in [-0.39, 0.29) is 0 Å². The number of nitriles is 1. The van der Waals surface area contributed by atoms with Gasteiger partial charge in [-0.05, 0) is 0 Å². The third-order valence-corrected chi connectivity index (χ3v) is 3.82. The van der Waals surface area contributed by atoms with E-state index in [2.05, 4.69) is 15.1 Å². The number of fused-ring (bicyclic) bond motifs is 1. The predicted octanol–water partition coefficient (Wildman–Crippen LogP) is 2.62. The van der Waals surface area contributed by atoms with Crippen LogP contribution in [0.25, 0.3) is 20.8 Å². The smallest absolute Gasteiger partial charge is 0.160 e. The molecule has 7 heteroatoms. The molecule has 0 aliphatic heterocycles. The first-order valence-electron chi connectivity index (χ1n) is 5.03. The number of nitrogens with zero attached hydrogens (tertiary/aromatic N) is 5. The van der Waals surface area contributed by atoms with Crippen LogP contribution in [0.5, 0.6) is 0 Å². The van der Waals surface area contributed by atoms with Crippen molar-refractivity contribution in [3.05, 3.63) is 29.3 Å². The van der Waals surface area contributed by atoms with Crippen LogP contribution in [0.15, 0.2) is 18.6 Å². The highest BCUT2D eigenvalue weighted by Gasteiger charge is 2.14. The molecule has 0 aliphatic carbocycles. The number of rotatable bonds is 1. The molecule has 0 fully saturated rings. The summed E-state index contributed by atoms with van der Waals surface area (Å²) in [7, 11) is 1.84. The summed E-state index contributed by atoms with van der Waals surface area (Å²) in [6, 6.07) is 2.05. The van der Waals surface area contributed by atoms with E-state index >= 15 is 0 Å². The van der Waals surface area contributed by atoms with Crippen molar-refractivity contribution < 1.29 is 0 Å². The molecule has 0 atom stereocenters. The lowest BCUT2D eigenvalue weighted by atomic mass is 10.3. The summed E-state index contributed by atoms with van der Waals surface area (Å²) in [5, 5.41) is 14.4. The zero-order valence-electron chi connectivity index (χ0n) is 9.25. The van der Waals surface area contributed by atoms with Gasteiger partial charge in [0, 0.05) is 25.0 Å². The number of halogens is 1. The van der Waals surface area contributed by atoms with Crippen LogP contribution in [0.4, 0.5) is 0 Å². The minimum atomic E-state index is 0.349. The summed E-state index contributed by atoms with van der Waals surface area (Å²) in [6.07, 6.45) is 5.05. The van der Waals surface area contributed by atoms with Crippen LogP contribution in [0.2, 0.25) is 5.02 Å². The van der Waals surface area contributed by atoms with Gasteiger partial charge < -0.3 is 0 Å². The SMILES string of the molecule is Cn1cc(-c2nc3c(Cl)cnc(C#N)c3s2)cn1. The third-order valence-electron chi connectivity index (χ3n) is 2.43. The summed E-state index contributed by atoms with van der Waals surface area (Å²) >= 11 is 7.44. The van der Waals surface area contributed by atoms with Crippen LogP contribution in [0.1, 0.15) is 5.69 Å². The second-order valence-electron chi connectivity index (χ2n) is 3.67. The van der Waals surface area contributed by atoms with Crippen molar-refractivity contribution in [2.75, 3.05) is 0 Å². The van der Waals surface area contributed by atoms with Gasteiger partial charge in [0.2, 0.25) is 0 Å². The average molecular weight is 276 g/mol. The first kappa shape index (κ1) is 11.1. The van der Waals surface area contributed by atoms with Crippen LogP contribution >= 0.6 is 22.9 Å². The van der Waals surface area contributed by atoms with E-state index < -0.39 is 0 Å². The number of hydrogen-bond donors (Lipinski definition) is 0. The lowest BCUT2D eigenvalue weighted by Gasteiger charge is -1.91. The van der Waals surface area contributed by atoms with Gasteiger partial charge in [-0.25, -0.2) is 9.97 Å². The lowest BCUT2D eigenvalue weighted by molar-refractivity contribution is 0.768. The van der Waals surface area contributed by atoms with E-state index in [4.69, 9.17) is 16.9 Å². The van der Waals surface area contributed by atoms with Crippen molar-refractivity contribution in [2.24, 2.45) is 7.05 Å². The number of aromatic nitrogens is 4. The van der Waals surface area contributed by atoms with Crippen LogP contribution in [0.3, 0.4) is 0 Å². The molecule has 0 radical (unpaired) electrons. The van der Waals surface area contributed by atoms with Crippen LogP contribution in [-0.2, 0) is 7.05 Å². The zero-order chi connectivity index (χ0) is 12.7. The van der Waals surface area contributed by atoms with Gasteiger partial charge in [-0.1, -0.05) is 11.6 Å². The van der Waals surface area contributed by atoms with Crippen molar-refractivity contribution in [2.45, 2.75) is 0 Å². The molecule has 0 unspecified atom stereocenters. The molecule has 88 valence electrons. The molecule has 18 heavy (non-hydrogen) atoms. The molecule has 0 bridgehead atoms. The van der Waals surface area contributed by atoms with Crippen molar-refractivity contribution in [3.63, 3.8) is 0 Å². The van der Waals surface area contributed by atoms with Crippen LogP contribution in [0, 0.1) is 11.3 Å². The summed E-state index contributed by atoms with van der Waals surface area (Å²) in [5.41, 5.74) is 1.87. The minimum Gasteiger partial charge on any atom is -0.275 e. The van der Waals surface area contributed by atoms with Gasteiger partial charge >= 0.3 is 0 Å². The summed E-state index contributed by atoms with van der Waals surface area (Å²) < 4.78 is 2.41. The molecule has 0 spiro atoms. The van der Waals surface area contributed by atoms with Gasteiger partial charge in [0.25, 0.3) is 0 Å². The second-order valence-corrected chi connectivity index (χ2v) is 5.07. The van der Waals surface area contributed by atoms with Gasteiger partial charge in [-0.2, -0.15) is 10.4 Å². The Morgan fingerprint density at radius 3 is 2.94 bits per heavy atom. The lowest BCUT2D eigenvalue weighted by Crippen LogP contribution is -1.84. The molecule has 0 aromatic carbocycles. The topological polar surface area (TPSA) is 67.4 Å². The van der Waals surface area contributed by atoms with Crippen LogP contribution in [-0.4, -0.2) is 19.7 Å². The Kier molecular flexibility index (Phi) is 2.51. The molecule has 3 aromatic heterocycles. The largest absolute Gasteiger partial charge is 0.275 e. The first-order valence-corrected chi connectivity index (χ1v) is 6.22. The average Bonchev–Trinajstić information content (AvgIpc) is 2.96. The van der Waals surface area contributed by atoms with E-state index in [1.165, 1.54) is 17.5 Å². The molecule has 3 rings (SSSR count). The summed E-state index contributed by atoms with van der Waals surface area (Å²) in [6.45, 7) is 0. The number of hydrogen-bond acceptors (Lipinski definition) is 5. The van der Waals surface area contributed by atoms with E-state index in [0.29, 0.717) is 20.9 Å². The highest BCUT2D eigenvalue weighted by Crippen LogP contribution is 2.34. The van der Waals surface area contributed by atoms with Gasteiger partial charge in [0.15, 0.2) is 5.69 Å². The van der Waals surface area contributed by atoms with E-state index in [1.807, 2.05) is 19.3 Å². The second kappa shape index (κ2) is 4.05. The number of aryl methyl sites for hydroxylation is 1. The molecule has 0 saturated heterocycles. The maximum atomic E-state index is 9.02. The fourth-order valence-corrected chi connectivity index (χ4v) is 2.86. The monoisotopic (exact) mass is 275 g/mol. The van der Waals surface area contributed by atoms with Crippen molar-refractivity contribution >= 4 is 33.2 Å². The fraction of sp³-hybridized carbons (Fsp3) is 0.0909. The normalized spacial score (nSPS) is 10.7. The molecule has 3 heterocycles. The molecule has 0 amide bonds. The third kappa shape index (κ3) is 1.65. The maximum absolute atomic E-state index is 9.02. The Labute approximate surface area is 111 Å². The van der Waals surface area contributed by atoms with Gasteiger partial charge in [-0.3, -0.25) is 4.68 Å². The Bertz CT molecular complexity index is 782. The highest BCUT2D eigenvalue weighted by molar-refractivity contribution is 7.22. The summed E-state index contributed by atoms with van der Waals surface area (Å²) in [4.78, 5) is 8.44. The van der Waals surface area contributed by atoms with Crippen molar-refractivity contribution in [1.29, 1.82) is 5.26 Å². The molecular formula is C11H6ClN5S. The Hall–Kier alpha value is -1.97. The maximum Gasteiger partial charge on any atom is 0.160 e. The van der Waals surface area contributed by atoms with Gasteiger partial charge in [0.05, 0.1) is 15.9 Å². The molecule has 3 aromatic rings. The van der Waals surface area contributed by atoms with E-state index in [9.17, 15) is 0 Å². The van der Waals surface area contributed by atoms with Crippen LogP contribution < -0.4 is 0 Å². The summed E-state index contributed by atoms with van der Waals surface area (Å²) in [5.74, 6) is 0. The van der Waals surface area contributed by atoms with Gasteiger partial charge in [0.1, 0.15) is 16.6 Å². The minimum absolute atomic E-state index is 0.349. The van der Waals surface area contributed by atoms with E-state index in [1.54, 1.807) is 10.9 Å². The van der Waals surface area contributed by atoms with Gasteiger partial charge in [-0.15, -0.1) is 11.3 Å². The quantitative estimate of drug-likeness (QED) is 0.685.